The quantitative estimate of drug-likeness (QED) is 0.734. The zero-order valence-corrected chi connectivity index (χ0v) is 13.7. The summed E-state index contributed by atoms with van der Waals surface area (Å²) in [4.78, 5) is 2.14. The van der Waals surface area contributed by atoms with Crippen LogP contribution in [0.1, 0.15) is 36.3 Å². The maximum absolute atomic E-state index is 14.1. The van der Waals surface area contributed by atoms with E-state index in [1.54, 1.807) is 12.1 Å². The zero-order valence-electron chi connectivity index (χ0n) is 13.7. The Morgan fingerprint density at radius 3 is 2.80 bits per heavy atom. The van der Waals surface area contributed by atoms with Gasteiger partial charge in [0.05, 0.1) is 13.2 Å². The molecule has 1 atom stereocenters. The molecule has 1 aliphatic carbocycles. The standard InChI is InChI=1S/C18H18FN5O/c19-14-4-2-1-3-13(14)15-11-23(9-10-25-15)17-8-7-16-20-21-18(12-5-6-12)24(16)22-17/h1-4,7-8,12,15H,5-6,9-11H2. The Kier molecular flexibility index (Phi) is 3.41. The summed E-state index contributed by atoms with van der Waals surface area (Å²) >= 11 is 0. The van der Waals surface area contributed by atoms with E-state index in [0.29, 0.717) is 24.6 Å². The minimum atomic E-state index is -0.295. The maximum atomic E-state index is 14.1. The number of hydrogen-bond acceptors (Lipinski definition) is 5. The number of anilines is 1. The lowest BCUT2D eigenvalue weighted by Gasteiger charge is -2.34. The van der Waals surface area contributed by atoms with Crippen LogP contribution in [0.25, 0.3) is 5.65 Å². The van der Waals surface area contributed by atoms with E-state index in [0.717, 1.165) is 36.7 Å². The van der Waals surface area contributed by atoms with Crippen molar-refractivity contribution in [3.63, 3.8) is 0 Å². The Balaban J connectivity index is 1.45. The molecule has 2 aromatic heterocycles. The number of fused-ring (bicyclic) bond motifs is 1. The van der Waals surface area contributed by atoms with Gasteiger partial charge in [-0.05, 0) is 31.0 Å². The summed E-state index contributed by atoms with van der Waals surface area (Å²) in [6.45, 7) is 1.83. The number of aromatic nitrogens is 4. The molecule has 3 heterocycles. The highest BCUT2D eigenvalue weighted by Crippen LogP contribution is 2.38. The van der Waals surface area contributed by atoms with Crippen LogP contribution in [0.2, 0.25) is 0 Å². The van der Waals surface area contributed by atoms with Gasteiger partial charge in [-0.2, -0.15) is 4.52 Å². The lowest BCUT2D eigenvalue weighted by molar-refractivity contribution is 0.0372. The van der Waals surface area contributed by atoms with E-state index >= 15 is 0 Å². The third-order valence-corrected chi connectivity index (χ3v) is 4.86. The highest BCUT2D eigenvalue weighted by atomic mass is 19.1. The second kappa shape index (κ2) is 5.77. The first kappa shape index (κ1) is 14.8. The molecule has 0 spiro atoms. The van der Waals surface area contributed by atoms with E-state index in [1.165, 1.54) is 6.07 Å². The summed E-state index contributed by atoms with van der Waals surface area (Å²) in [5.74, 6) is 2.04. The van der Waals surface area contributed by atoms with E-state index in [1.807, 2.05) is 22.7 Å². The fourth-order valence-corrected chi connectivity index (χ4v) is 3.34. The monoisotopic (exact) mass is 339 g/mol. The molecular formula is C18H18FN5O. The minimum absolute atomic E-state index is 0.229. The molecule has 0 N–H and O–H groups in total. The minimum Gasteiger partial charge on any atom is -0.370 e. The van der Waals surface area contributed by atoms with Gasteiger partial charge >= 0.3 is 0 Å². The van der Waals surface area contributed by atoms with Crippen LogP contribution in [-0.2, 0) is 4.74 Å². The molecule has 7 heteroatoms. The summed E-state index contributed by atoms with van der Waals surface area (Å²) in [6, 6.07) is 10.7. The van der Waals surface area contributed by atoms with Crippen molar-refractivity contribution < 1.29 is 9.13 Å². The molecule has 1 aliphatic heterocycles. The fourth-order valence-electron chi connectivity index (χ4n) is 3.34. The highest BCUT2D eigenvalue weighted by Gasteiger charge is 2.30. The number of hydrogen-bond donors (Lipinski definition) is 0. The van der Waals surface area contributed by atoms with Gasteiger partial charge in [0.25, 0.3) is 0 Å². The SMILES string of the molecule is Fc1ccccc1C1CN(c2ccc3nnc(C4CC4)n3n2)CCO1. The van der Waals surface area contributed by atoms with Gasteiger partial charge in [0.1, 0.15) is 17.7 Å². The van der Waals surface area contributed by atoms with E-state index in [4.69, 9.17) is 9.84 Å². The van der Waals surface area contributed by atoms with E-state index < -0.39 is 0 Å². The Labute approximate surface area is 144 Å². The van der Waals surface area contributed by atoms with Gasteiger partial charge in [-0.25, -0.2) is 4.39 Å². The van der Waals surface area contributed by atoms with Crippen LogP contribution in [0.3, 0.4) is 0 Å². The zero-order chi connectivity index (χ0) is 16.8. The van der Waals surface area contributed by atoms with Crippen LogP contribution < -0.4 is 4.90 Å². The first-order valence-electron chi connectivity index (χ1n) is 8.63. The number of nitrogens with zero attached hydrogens (tertiary/aromatic N) is 5. The summed E-state index contributed by atoms with van der Waals surface area (Å²) in [7, 11) is 0. The Morgan fingerprint density at radius 1 is 1.08 bits per heavy atom. The molecule has 3 aromatic rings. The Hall–Kier alpha value is -2.54. The van der Waals surface area contributed by atoms with Crippen LogP contribution in [0.15, 0.2) is 36.4 Å². The van der Waals surface area contributed by atoms with Crippen molar-refractivity contribution in [2.75, 3.05) is 24.6 Å². The fraction of sp³-hybridized carbons (Fsp3) is 0.389. The van der Waals surface area contributed by atoms with Crippen LogP contribution in [0.4, 0.5) is 10.2 Å². The second-order valence-electron chi connectivity index (χ2n) is 6.62. The molecule has 0 radical (unpaired) electrons. The lowest BCUT2D eigenvalue weighted by atomic mass is 10.1. The summed E-state index contributed by atoms with van der Waals surface area (Å²) in [5, 5.41) is 13.2. The second-order valence-corrected chi connectivity index (χ2v) is 6.62. The molecule has 25 heavy (non-hydrogen) atoms. The van der Waals surface area contributed by atoms with Crippen LogP contribution in [0.5, 0.6) is 0 Å². The van der Waals surface area contributed by atoms with E-state index in [-0.39, 0.29) is 11.9 Å². The predicted octanol–water partition coefficient (Wildman–Crippen LogP) is 2.72. The van der Waals surface area contributed by atoms with Gasteiger partial charge in [0.15, 0.2) is 11.5 Å². The Morgan fingerprint density at radius 2 is 1.96 bits per heavy atom. The molecule has 1 saturated carbocycles. The number of halogens is 1. The predicted molar refractivity (Wildman–Crippen MR) is 90.1 cm³/mol. The smallest absolute Gasteiger partial charge is 0.178 e. The topological polar surface area (TPSA) is 55.6 Å². The molecule has 128 valence electrons. The molecular weight excluding hydrogens is 321 g/mol. The van der Waals surface area contributed by atoms with Gasteiger partial charge in [0.2, 0.25) is 0 Å². The molecule has 6 nitrogen and oxygen atoms in total. The van der Waals surface area contributed by atoms with Gasteiger partial charge in [0, 0.05) is 18.0 Å². The average Bonchev–Trinajstić information content (AvgIpc) is 3.41. The third kappa shape index (κ3) is 2.64. The van der Waals surface area contributed by atoms with Crippen molar-refractivity contribution in [1.29, 1.82) is 0 Å². The van der Waals surface area contributed by atoms with Crippen molar-refractivity contribution in [3.8, 4) is 0 Å². The van der Waals surface area contributed by atoms with Crippen molar-refractivity contribution >= 4 is 11.5 Å². The van der Waals surface area contributed by atoms with Gasteiger partial charge < -0.3 is 9.64 Å². The third-order valence-electron chi connectivity index (χ3n) is 4.86. The molecule has 1 unspecified atom stereocenters. The Bertz CT molecular complexity index is 923. The first-order valence-corrected chi connectivity index (χ1v) is 8.63. The van der Waals surface area contributed by atoms with Gasteiger partial charge in [-0.15, -0.1) is 15.3 Å². The molecule has 0 amide bonds. The number of morpholine rings is 1. The van der Waals surface area contributed by atoms with Crippen LogP contribution in [-0.4, -0.2) is 39.5 Å². The number of rotatable bonds is 3. The lowest BCUT2D eigenvalue weighted by Crippen LogP contribution is -2.39. The summed E-state index contributed by atoms with van der Waals surface area (Å²) < 4.78 is 21.7. The van der Waals surface area contributed by atoms with Crippen molar-refractivity contribution in [1.82, 2.24) is 19.8 Å². The van der Waals surface area contributed by atoms with E-state index in [9.17, 15) is 4.39 Å². The van der Waals surface area contributed by atoms with Gasteiger partial charge in [-0.3, -0.25) is 0 Å². The molecule has 1 saturated heterocycles. The number of benzene rings is 1. The first-order chi connectivity index (χ1) is 12.3. The van der Waals surface area contributed by atoms with Crippen LogP contribution in [0, 0.1) is 5.82 Å². The van der Waals surface area contributed by atoms with Crippen LogP contribution >= 0.6 is 0 Å². The average molecular weight is 339 g/mol. The van der Waals surface area contributed by atoms with Gasteiger partial charge in [-0.1, -0.05) is 18.2 Å². The van der Waals surface area contributed by atoms with Crippen molar-refractivity contribution in [3.05, 3.63) is 53.6 Å². The summed E-state index contributed by atoms with van der Waals surface area (Å²) in [5.41, 5.74) is 1.36. The molecule has 1 aromatic carbocycles. The number of ether oxygens (including phenoxy) is 1. The molecule has 0 bridgehead atoms. The molecule has 2 fully saturated rings. The molecule has 5 rings (SSSR count). The highest BCUT2D eigenvalue weighted by molar-refractivity contribution is 5.47. The molecule has 2 aliphatic rings. The maximum Gasteiger partial charge on any atom is 0.178 e. The van der Waals surface area contributed by atoms with Crippen molar-refractivity contribution in [2.45, 2.75) is 24.9 Å². The largest absolute Gasteiger partial charge is 0.370 e. The summed E-state index contributed by atoms with van der Waals surface area (Å²) in [6.07, 6.45) is 2.01. The van der Waals surface area contributed by atoms with E-state index in [2.05, 4.69) is 15.1 Å². The van der Waals surface area contributed by atoms with Crippen molar-refractivity contribution in [2.24, 2.45) is 0 Å². The normalized spacial score (nSPS) is 21.0.